The van der Waals surface area contributed by atoms with Gasteiger partial charge in [-0.25, -0.2) is 0 Å². The molecule has 3 heteroatoms. The highest BCUT2D eigenvalue weighted by atomic mass is 16.5. The average Bonchev–Trinajstić information content (AvgIpc) is 2.59. The standard InChI is InChI=1S/C19H22O3/c1-13(15-6-8-17(20-3)9-7-15)14(2)16-10-18(21-4)12-19(11-16)22-5/h6-12H,1-5H3/b14-13+. The van der Waals surface area contributed by atoms with Gasteiger partial charge in [0.05, 0.1) is 21.3 Å². The average molecular weight is 298 g/mol. The molecule has 0 atom stereocenters. The van der Waals surface area contributed by atoms with Gasteiger partial charge in [-0.15, -0.1) is 0 Å². The summed E-state index contributed by atoms with van der Waals surface area (Å²) in [5.41, 5.74) is 4.64. The van der Waals surface area contributed by atoms with Gasteiger partial charge in [-0.1, -0.05) is 12.1 Å². The van der Waals surface area contributed by atoms with Crippen molar-refractivity contribution in [1.29, 1.82) is 0 Å². The van der Waals surface area contributed by atoms with Gasteiger partial charge in [0.15, 0.2) is 0 Å². The second-order valence-corrected chi connectivity index (χ2v) is 5.08. The van der Waals surface area contributed by atoms with E-state index in [1.807, 2.05) is 30.3 Å². The minimum absolute atomic E-state index is 0.788. The van der Waals surface area contributed by atoms with Crippen molar-refractivity contribution in [1.82, 2.24) is 0 Å². The van der Waals surface area contributed by atoms with Gasteiger partial charge >= 0.3 is 0 Å². The fourth-order valence-corrected chi connectivity index (χ4v) is 2.30. The zero-order valence-electron chi connectivity index (χ0n) is 13.8. The Morgan fingerprint density at radius 2 is 1.05 bits per heavy atom. The highest BCUT2D eigenvalue weighted by Gasteiger charge is 2.07. The molecule has 0 aliphatic rings. The lowest BCUT2D eigenvalue weighted by atomic mass is 9.96. The molecule has 0 fully saturated rings. The van der Waals surface area contributed by atoms with Crippen LogP contribution in [0.1, 0.15) is 25.0 Å². The molecule has 0 radical (unpaired) electrons. The minimum Gasteiger partial charge on any atom is -0.497 e. The molecule has 3 nitrogen and oxygen atoms in total. The molecule has 0 aliphatic carbocycles. The highest BCUT2D eigenvalue weighted by Crippen LogP contribution is 2.31. The van der Waals surface area contributed by atoms with E-state index in [-0.39, 0.29) is 0 Å². The van der Waals surface area contributed by atoms with Gasteiger partial charge in [0.25, 0.3) is 0 Å². The lowest BCUT2D eigenvalue weighted by molar-refractivity contribution is 0.394. The Labute approximate surface area is 132 Å². The Hall–Kier alpha value is -2.42. The van der Waals surface area contributed by atoms with Gasteiger partial charge in [-0.05, 0) is 60.4 Å². The lowest BCUT2D eigenvalue weighted by Crippen LogP contribution is -1.92. The third-order valence-electron chi connectivity index (χ3n) is 3.87. The summed E-state index contributed by atoms with van der Waals surface area (Å²) >= 11 is 0. The Morgan fingerprint density at radius 3 is 1.50 bits per heavy atom. The molecular formula is C19H22O3. The zero-order chi connectivity index (χ0) is 16.1. The summed E-state index contributed by atoms with van der Waals surface area (Å²) in [6.07, 6.45) is 0. The number of hydrogen-bond acceptors (Lipinski definition) is 3. The molecule has 0 aromatic heterocycles. The van der Waals surface area contributed by atoms with E-state index in [1.165, 1.54) is 16.7 Å². The van der Waals surface area contributed by atoms with E-state index < -0.39 is 0 Å². The van der Waals surface area contributed by atoms with Gasteiger partial charge in [0, 0.05) is 6.07 Å². The van der Waals surface area contributed by atoms with Crippen LogP contribution in [0.3, 0.4) is 0 Å². The summed E-state index contributed by atoms with van der Waals surface area (Å²) in [6.45, 7) is 4.22. The van der Waals surface area contributed by atoms with E-state index in [9.17, 15) is 0 Å². The first kappa shape index (κ1) is 16.0. The number of benzene rings is 2. The summed E-state index contributed by atoms with van der Waals surface area (Å²) in [5.74, 6) is 2.43. The van der Waals surface area contributed by atoms with Crippen LogP contribution in [-0.2, 0) is 0 Å². The number of hydrogen-bond donors (Lipinski definition) is 0. The molecule has 0 N–H and O–H groups in total. The van der Waals surface area contributed by atoms with Crippen molar-refractivity contribution in [3.05, 3.63) is 53.6 Å². The first-order valence-electron chi connectivity index (χ1n) is 7.14. The van der Waals surface area contributed by atoms with E-state index >= 15 is 0 Å². The number of methoxy groups -OCH3 is 3. The Kier molecular flexibility index (Phi) is 5.10. The number of allylic oxidation sites excluding steroid dienone is 2. The summed E-state index contributed by atoms with van der Waals surface area (Å²) in [4.78, 5) is 0. The van der Waals surface area contributed by atoms with E-state index in [0.29, 0.717) is 0 Å². The summed E-state index contributed by atoms with van der Waals surface area (Å²) in [5, 5.41) is 0. The molecule has 0 spiro atoms. The second kappa shape index (κ2) is 7.03. The fourth-order valence-electron chi connectivity index (χ4n) is 2.30. The summed E-state index contributed by atoms with van der Waals surface area (Å²) in [7, 11) is 4.99. The van der Waals surface area contributed by atoms with E-state index in [1.54, 1.807) is 21.3 Å². The van der Waals surface area contributed by atoms with Crippen LogP contribution in [0.2, 0.25) is 0 Å². The zero-order valence-corrected chi connectivity index (χ0v) is 13.8. The smallest absolute Gasteiger partial charge is 0.123 e. The predicted molar refractivity (Wildman–Crippen MR) is 90.7 cm³/mol. The Balaban J connectivity index is 2.44. The largest absolute Gasteiger partial charge is 0.497 e. The summed E-state index contributed by atoms with van der Waals surface area (Å²) in [6, 6.07) is 14.0. The molecule has 0 saturated heterocycles. The first-order valence-corrected chi connectivity index (χ1v) is 7.14. The molecular weight excluding hydrogens is 276 g/mol. The van der Waals surface area contributed by atoms with Crippen LogP contribution < -0.4 is 14.2 Å². The monoisotopic (exact) mass is 298 g/mol. The molecule has 0 bridgehead atoms. The topological polar surface area (TPSA) is 27.7 Å². The number of rotatable bonds is 5. The molecule has 0 aliphatic heterocycles. The van der Waals surface area contributed by atoms with Crippen molar-refractivity contribution in [2.75, 3.05) is 21.3 Å². The molecule has 0 unspecified atom stereocenters. The van der Waals surface area contributed by atoms with Gasteiger partial charge < -0.3 is 14.2 Å². The van der Waals surface area contributed by atoms with Crippen molar-refractivity contribution in [2.45, 2.75) is 13.8 Å². The molecule has 0 saturated carbocycles. The van der Waals surface area contributed by atoms with Crippen LogP contribution in [0.25, 0.3) is 11.1 Å². The Morgan fingerprint density at radius 1 is 0.591 bits per heavy atom. The molecule has 2 rings (SSSR count). The first-order chi connectivity index (χ1) is 10.6. The van der Waals surface area contributed by atoms with Crippen LogP contribution in [-0.4, -0.2) is 21.3 Å². The van der Waals surface area contributed by atoms with Crippen molar-refractivity contribution in [2.24, 2.45) is 0 Å². The third kappa shape index (κ3) is 3.42. The lowest BCUT2D eigenvalue weighted by Gasteiger charge is -2.12. The third-order valence-corrected chi connectivity index (χ3v) is 3.87. The quantitative estimate of drug-likeness (QED) is 0.751. The van der Waals surface area contributed by atoms with Crippen LogP contribution in [0.4, 0.5) is 0 Å². The maximum Gasteiger partial charge on any atom is 0.123 e. The summed E-state index contributed by atoms with van der Waals surface area (Å²) < 4.78 is 15.9. The fraction of sp³-hybridized carbons (Fsp3) is 0.263. The molecule has 116 valence electrons. The van der Waals surface area contributed by atoms with Crippen molar-refractivity contribution < 1.29 is 14.2 Å². The van der Waals surface area contributed by atoms with Crippen LogP contribution in [0.15, 0.2) is 42.5 Å². The van der Waals surface area contributed by atoms with Crippen molar-refractivity contribution in [3.63, 3.8) is 0 Å². The molecule has 22 heavy (non-hydrogen) atoms. The van der Waals surface area contributed by atoms with Gasteiger partial charge in [0.1, 0.15) is 17.2 Å². The van der Waals surface area contributed by atoms with Crippen LogP contribution in [0, 0.1) is 0 Å². The number of ether oxygens (including phenoxy) is 3. The molecule has 2 aromatic carbocycles. The second-order valence-electron chi connectivity index (χ2n) is 5.08. The van der Waals surface area contributed by atoms with E-state index in [0.717, 1.165) is 22.8 Å². The minimum atomic E-state index is 0.788. The van der Waals surface area contributed by atoms with Crippen LogP contribution in [0.5, 0.6) is 17.2 Å². The maximum absolute atomic E-state index is 5.34. The maximum atomic E-state index is 5.34. The van der Waals surface area contributed by atoms with Gasteiger partial charge in [-0.2, -0.15) is 0 Å². The van der Waals surface area contributed by atoms with Crippen molar-refractivity contribution >= 4 is 11.1 Å². The van der Waals surface area contributed by atoms with Gasteiger partial charge in [0.2, 0.25) is 0 Å². The highest BCUT2D eigenvalue weighted by molar-refractivity contribution is 5.89. The van der Waals surface area contributed by atoms with Crippen molar-refractivity contribution in [3.8, 4) is 17.2 Å². The van der Waals surface area contributed by atoms with E-state index in [2.05, 4.69) is 26.0 Å². The van der Waals surface area contributed by atoms with Crippen LogP contribution >= 0.6 is 0 Å². The van der Waals surface area contributed by atoms with E-state index in [4.69, 9.17) is 14.2 Å². The molecule has 2 aromatic rings. The Bertz CT molecular complexity index is 647. The SMILES string of the molecule is COc1ccc(/C(C)=C(\C)c2cc(OC)cc(OC)c2)cc1. The molecule has 0 heterocycles. The predicted octanol–water partition coefficient (Wildman–Crippen LogP) is 4.66. The van der Waals surface area contributed by atoms with Gasteiger partial charge in [-0.3, -0.25) is 0 Å². The normalized spacial score (nSPS) is 11.7. The molecule has 0 amide bonds.